The molecule has 1 heterocycles. The van der Waals surface area contributed by atoms with Crippen LogP contribution >= 0.6 is 0 Å². The standard InChI is InChI=1S/C9H9N/c1-3-5-9-7-4-6-8(2)10-9/h1,4,6-7H,5H2,2H3. The molecule has 0 unspecified atom stereocenters. The van der Waals surface area contributed by atoms with Crippen LogP contribution < -0.4 is 0 Å². The number of hydrogen-bond acceptors (Lipinski definition) is 1. The molecule has 1 rings (SSSR count). The van der Waals surface area contributed by atoms with Crippen molar-refractivity contribution in [2.45, 2.75) is 13.3 Å². The maximum atomic E-state index is 5.12. The van der Waals surface area contributed by atoms with Gasteiger partial charge in [0, 0.05) is 5.69 Å². The van der Waals surface area contributed by atoms with Crippen LogP contribution in [0.3, 0.4) is 0 Å². The fourth-order valence-electron chi connectivity index (χ4n) is 0.803. The number of hydrogen-bond donors (Lipinski definition) is 0. The topological polar surface area (TPSA) is 12.9 Å². The Hall–Kier alpha value is -1.29. The summed E-state index contributed by atoms with van der Waals surface area (Å²) in [4.78, 5) is 4.22. The van der Waals surface area contributed by atoms with Crippen LogP contribution in [0.2, 0.25) is 0 Å². The Labute approximate surface area is 61.1 Å². The predicted octanol–water partition coefficient (Wildman–Crippen LogP) is 1.57. The molecule has 0 N–H and O–H groups in total. The molecule has 50 valence electrons. The van der Waals surface area contributed by atoms with E-state index in [0.29, 0.717) is 6.42 Å². The third kappa shape index (κ3) is 1.60. The smallest absolute Gasteiger partial charge is 0.0525 e. The van der Waals surface area contributed by atoms with Crippen LogP contribution in [0, 0.1) is 19.3 Å². The molecule has 0 aromatic carbocycles. The molecule has 10 heavy (non-hydrogen) atoms. The average Bonchev–Trinajstić information content (AvgIpc) is 1.88. The molecular formula is C9H9N. The summed E-state index contributed by atoms with van der Waals surface area (Å²) in [6, 6.07) is 5.86. The predicted molar refractivity (Wildman–Crippen MR) is 41.5 cm³/mol. The molecule has 1 aromatic heterocycles. The highest BCUT2D eigenvalue weighted by Crippen LogP contribution is 1.97. The van der Waals surface area contributed by atoms with E-state index < -0.39 is 0 Å². The van der Waals surface area contributed by atoms with E-state index in [1.165, 1.54) is 0 Å². The summed E-state index contributed by atoms with van der Waals surface area (Å²) in [5.74, 6) is 2.55. The van der Waals surface area contributed by atoms with E-state index in [4.69, 9.17) is 6.42 Å². The fraction of sp³-hybridized carbons (Fsp3) is 0.222. The lowest BCUT2D eigenvalue weighted by Gasteiger charge is -1.94. The molecule has 0 fully saturated rings. The first-order valence-corrected chi connectivity index (χ1v) is 3.19. The zero-order valence-electron chi connectivity index (χ0n) is 5.96. The van der Waals surface area contributed by atoms with Gasteiger partial charge >= 0.3 is 0 Å². The minimum Gasteiger partial charge on any atom is -0.257 e. The fourth-order valence-corrected chi connectivity index (χ4v) is 0.803. The molecule has 0 aliphatic rings. The Kier molecular flexibility index (Phi) is 2.07. The van der Waals surface area contributed by atoms with E-state index in [-0.39, 0.29) is 0 Å². The highest BCUT2D eigenvalue weighted by Gasteiger charge is 1.89. The normalized spacial score (nSPS) is 8.80. The highest BCUT2D eigenvalue weighted by molar-refractivity contribution is 5.14. The largest absolute Gasteiger partial charge is 0.257 e. The quantitative estimate of drug-likeness (QED) is 0.527. The third-order valence-corrected chi connectivity index (χ3v) is 1.23. The number of terminal acetylenes is 1. The van der Waals surface area contributed by atoms with E-state index in [9.17, 15) is 0 Å². The minimum absolute atomic E-state index is 0.627. The summed E-state index contributed by atoms with van der Waals surface area (Å²) in [5.41, 5.74) is 2.00. The van der Waals surface area contributed by atoms with Crippen molar-refractivity contribution in [2.75, 3.05) is 0 Å². The van der Waals surface area contributed by atoms with Crippen molar-refractivity contribution in [1.29, 1.82) is 0 Å². The number of rotatable bonds is 1. The van der Waals surface area contributed by atoms with Gasteiger partial charge in [0.25, 0.3) is 0 Å². The van der Waals surface area contributed by atoms with Gasteiger partial charge in [0.15, 0.2) is 0 Å². The molecule has 0 spiro atoms. The summed E-state index contributed by atoms with van der Waals surface area (Å²) in [6.07, 6.45) is 5.75. The van der Waals surface area contributed by atoms with Crippen LogP contribution in [0.5, 0.6) is 0 Å². The summed E-state index contributed by atoms with van der Waals surface area (Å²) in [6.45, 7) is 1.96. The molecule has 0 saturated carbocycles. The Balaban J connectivity index is 2.87. The Morgan fingerprint density at radius 2 is 2.40 bits per heavy atom. The molecule has 0 aliphatic carbocycles. The molecule has 0 saturated heterocycles. The van der Waals surface area contributed by atoms with Crippen molar-refractivity contribution in [3.05, 3.63) is 29.6 Å². The second kappa shape index (κ2) is 3.03. The first-order chi connectivity index (χ1) is 4.83. The Bertz CT molecular complexity index is 258. The lowest BCUT2D eigenvalue weighted by molar-refractivity contribution is 1.08. The van der Waals surface area contributed by atoms with Crippen LogP contribution in [0.4, 0.5) is 0 Å². The maximum absolute atomic E-state index is 5.12. The molecule has 0 bridgehead atoms. The van der Waals surface area contributed by atoms with Crippen LogP contribution in [0.1, 0.15) is 11.4 Å². The van der Waals surface area contributed by atoms with Crippen LogP contribution in [0.25, 0.3) is 0 Å². The number of aromatic nitrogens is 1. The lowest BCUT2D eigenvalue weighted by Crippen LogP contribution is -1.88. The Morgan fingerprint density at radius 1 is 1.60 bits per heavy atom. The van der Waals surface area contributed by atoms with Crippen molar-refractivity contribution >= 4 is 0 Å². The van der Waals surface area contributed by atoms with E-state index in [2.05, 4.69) is 10.9 Å². The first-order valence-electron chi connectivity index (χ1n) is 3.19. The third-order valence-electron chi connectivity index (χ3n) is 1.23. The van der Waals surface area contributed by atoms with Gasteiger partial charge in [0.1, 0.15) is 0 Å². The lowest BCUT2D eigenvalue weighted by atomic mass is 10.2. The van der Waals surface area contributed by atoms with Gasteiger partial charge in [-0.25, -0.2) is 0 Å². The van der Waals surface area contributed by atoms with Crippen molar-refractivity contribution in [3.8, 4) is 12.3 Å². The zero-order chi connectivity index (χ0) is 7.40. The number of pyridine rings is 1. The summed E-state index contributed by atoms with van der Waals surface area (Å²) < 4.78 is 0. The van der Waals surface area contributed by atoms with Gasteiger partial charge in [0.2, 0.25) is 0 Å². The monoisotopic (exact) mass is 131 g/mol. The average molecular weight is 131 g/mol. The maximum Gasteiger partial charge on any atom is 0.0525 e. The van der Waals surface area contributed by atoms with Crippen LogP contribution in [-0.4, -0.2) is 4.98 Å². The molecule has 0 radical (unpaired) electrons. The number of aryl methyl sites for hydroxylation is 1. The molecular weight excluding hydrogens is 122 g/mol. The van der Waals surface area contributed by atoms with Gasteiger partial charge in [-0.05, 0) is 19.1 Å². The van der Waals surface area contributed by atoms with Crippen molar-refractivity contribution in [1.82, 2.24) is 4.98 Å². The molecule has 0 amide bonds. The van der Waals surface area contributed by atoms with Gasteiger partial charge in [0.05, 0.1) is 12.1 Å². The summed E-state index contributed by atoms with van der Waals surface area (Å²) >= 11 is 0. The van der Waals surface area contributed by atoms with Crippen molar-refractivity contribution < 1.29 is 0 Å². The van der Waals surface area contributed by atoms with Crippen molar-refractivity contribution in [2.24, 2.45) is 0 Å². The second-order valence-corrected chi connectivity index (χ2v) is 2.15. The zero-order valence-corrected chi connectivity index (χ0v) is 5.96. The van der Waals surface area contributed by atoms with E-state index in [1.54, 1.807) is 0 Å². The van der Waals surface area contributed by atoms with E-state index in [1.807, 2.05) is 25.1 Å². The summed E-state index contributed by atoms with van der Waals surface area (Å²) in [7, 11) is 0. The number of nitrogens with zero attached hydrogens (tertiary/aromatic N) is 1. The van der Waals surface area contributed by atoms with Gasteiger partial charge in [-0.2, -0.15) is 0 Å². The van der Waals surface area contributed by atoms with Gasteiger partial charge in [-0.15, -0.1) is 12.3 Å². The molecule has 1 nitrogen and oxygen atoms in total. The summed E-state index contributed by atoms with van der Waals surface area (Å²) in [5, 5.41) is 0. The first kappa shape index (κ1) is 6.82. The second-order valence-electron chi connectivity index (χ2n) is 2.15. The van der Waals surface area contributed by atoms with Gasteiger partial charge in [-0.1, -0.05) is 6.07 Å². The molecule has 0 aliphatic heterocycles. The van der Waals surface area contributed by atoms with E-state index in [0.717, 1.165) is 11.4 Å². The van der Waals surface area contributed by atoms with E-state index >= 15 is 0 Å². The minimum atomic E-state index is 0.627. The SMILES string of the molecule is C#CCc1cccc(C)n1. The van der Waals surface area contributed by atoms with Gasteiger partial charge in [-0.3, -0.25) is 4.98 Å². The van der Waals surface area contributed by atoms with Crippen LogP contribution in [-0.2, 0) is 6.42 Å². The van der Waals surface area contributed by atoms with Crippen LogP contribution in [0.15, 0.2) is 18.2 Å². The molecule has 1 aromatic rings. The highest BCUT2D eigenvalue weighted by atomic mass is 14.7. The molecule has 0 atom stereocenters. The van der Waals surface area contributed by atoms with Gasteiger partial charge < -0.3 is 0 Å². The molecule has 1 heteroatoms. The van der Waals surface area contributed by atoms with Crippen molar-refractivity contribution in [3.63, 3.8) is 0 Å². The Morgan fingerprint density at radius 3 is 3.00 bits per heavy atom.